The van der Waals surface area contributed by atoms with Crippen LogP contribution in [0.25, 0.3) is 11.0 Å². The molecule has 2 N–H and O–H groups in total. The van der Waals surface area contributed by atoms with E-state index in [1.807, 2.05) is 0 Å². The summed E-state index contributed by atoms with van der Waals surface area (Å²) in [5.41, 5.74) is -0.0988. The number of nitrogens with zero attached hydrogens (tertiary/aromatic N) is 2. The minimum absolute atomic E-state index is 0.0456. The van der Waals surface area contributed by atoms with Crippen LogP contribution in [0.3, 0.4) is 0 Å². The van der Waals surface area contributed by atoms with Gasteiger partial charge in [-0.1, -0.05) is 6.07 Å². The third kappa shape index (κ3) is 2.75. The summed E-state index contributed by atoms with van der Waals surface area (Å²) in [7, 11) is 1.31. The van der Waals surface area contributed by atoms with Crippen LogP contribution in [0.5, 0.6) is 5.75 Å². The number of carbonyl (C=O) groups is 3. The molecule has 2 aromatic heterocycles. The highest BCUT2D eigenvalue weighted by atomic mass is 19.1. The summed E-state index contributed by atoms with van der Waals surface area (Å²) in [4.78, 5) is 43.4. The largest absolute Gasteiger partial charge is 0.494 e. The highest BCUT2D eigenvalue weighted by Crippen LogP contribution is 2.36. The number of methoxy groups -OCH3 is 1. The second kappa shape index (κ2) is 6.53. The number of carbonyl (C=O) groups excluding carboxylic acids is 3. The van der Waals surface area contributed by atoms with Gasteiger partial charge in [0, 0.05) is 29.9 Å². The number of hydrogen-bond donors (Lipinski definition) is 2. The van der Waals surface area contributed by atoms with E-state index >= 15 is 0 Å². The highest BCUT2D eigenvalue weighted by Gasteiger charge is 2.53. The van der Waals surface area contributed by atoms with Crippen molar-refractivity contribution in [1.29, 1.82) is 0 Å². The number of aromatic nitrogens is 1. The first-order valence-corrected chi connectivity index (χ1v) is 9.47. The molecule has 1 atom stereocenters. The van der Waals surface area contributed by atoms with Crippen LogP contribution < -0.4 is 15.4 Å². The molecule has 5 rings (SSSR count). The number of ether oxygens (including phenoxy) is 1. The van der Waals surface area contributed by atoms with E-state index in [0.29, 0.717) is 16.5 Å². The van der Waals surface area contributed by atoms with Gasteiger partial charge in [0.2, 0.25) is 0 Å². The van der Waals surface area contributed by atoms with Crippen molar-refractivity contribution in [2.24, 2.45) is 0 Å². The lowest BCUT2D eigenvalue weighted by Crippen LogP contribution is -2.52. The van der Waals surface area contributed by atoms with Crippen LogP contribution in [0, 0.1) is 12.7 Å². The first kappa shape index (κ1) is 19.0. The minimum Gasteiger partial charge on any atom is -0.494 e. The minimum atomic E-state index is -1.66. The summed E-state index contributed by atoms with van der Waals surface area (Å²) < 4.78 is 25.6. The molecule has 1 saturated heterocycles. The maximum atomic E-state index is 14.7. The quantitative estimate of drug-likeness (QED) is 0.619. The molecule has 4 amide bonds. The van der Waals surface area contributed by atoms with Gasteiger partial charge >= 0.3 is 6.03 Å². The molecule has 9 nitrogen and oxygen atoms in total. The molecule has 0 spiro atoms. The molecule has 0 aliphatic carbocycles. The second-order valence-electron chi connectivity index (χ2n) is 7.56. The van der Waals surface area contributed by atoms with Crippen LogP contribution in [0.4, 0.5) is 9.18 Å². The molecule has 3 aromatic rings. The van der Waals surface area contributed by atoms with Crippen LogP contribution in [0.1, 0.15) is 27.4 Å². The van der Waals surface area contributed by atoms with Crippen molar-refractivity contribution in [1.82, 2.24) is 20.5 Å². The number of imide groups is 1. The van der Waals surface area contributed by atoms with E-state index in [-0.39, 0.29) is 30.2 Å². The Morgan fingerprint density at radius 1 is 1.29 bits per heavy atom. The lowest BCUT2D eigenvalue weighted by Gasteiger charge is -2.29. The molecule has 0 bridgehead atoms. The fourth-order valence-corrected chi connectivity index (χ4v) is 4.06. The van der Waals surface area contributed by atoms with Crippen LogP contribution in [0.2, 0.25) is 0 Å². The molecule has 2 aliphatic heterocycles. The standard InChI is InChI=1S/C21H17FN4O5/c1-10-5-14-12(7-23-10)6-15(31-14)21(19(28)24-20(29)25-21)9-26-8-11-3-4-13(30-2)17(22)16(11)18(26)27/h3-7H,8-9H2,1-2H3,(H2,24,25,28,29)/t21-/m0/s1. The van der Waals surface area contributed by atoms with Crippen molar-refractivity contribution in [3.8, 4) is 5.75 Å². The molecule has 1 aromatic carbocycles. The number of nitrogens with one attached hydrogen (secondary N) is 2. The average molecular weight is 424 g/mol. The Hall–Kier alpha value is -3.95. The van der Waals surface area contributed by atoms with E-state index in [9.17, 15) is 18.8 Å². The Bertz CT molecular complexity index is 1290. The predicted octanol–water partition coefficient (Wildman–Crippen LogP) is 1.97. The lowest BCUT2D eigenvalue weighted by atomic mass is 9.95. The Morgan fingerprint density at radius 3 is 2.81 bits per heavy atom. The van der Waals surface area contributed by atoms with Crippen LogP contribution in [-0.2, 0) is 16.9 Å². The second-order valence-corrected chi connectivity index (χ2v) is 7.56. The third-order valence-electron chi connectivity index (χ3n) is 5.60. The Kier molecular flexibility index (Phi) is 4.01. The number of pyridine rings is 1. The van der Waals surface area contributed by atoms with Gasteiger partial charge < -0.3 is 19.4 Å². The summed E-state index contributed by atoms with van der Waals surface area (Å²) in [6, 6.07) is 5.64. The van der Waals surface area contributed by atoms with E-state index in [1.54, 1.807) is 31.3 Å². The maximum absolute atomic E-state index is 14.7. The van der Waals surface area contributed by atoms with Gasteiger partial charge in [-0.15, -0.1) is 0 Å². The zero-order chi connectivity index (χ0) is 21.9. The zero-order valence-electron chi connectivity index (χ0n) is 16.6. The third-order valence-corrected chi connectivity index (χ3v) is 5.60. The van der Waals surface area contributed by atoms with Crippen molar-refractivity contribution < 1.29 is 27.9 Å². The van der Waals surface area contributed by atoms with Crippen LogP contribution in [-0.4, -0.2) is 41.4 Å². The molecule has 1 fully saturated rings. The number of furan rings is 1. The number of hydrogen-bond acceptors (Lipinski definition) is 6. The van der Waals surface area contributed by atoms with Crippen molar-refractivity contribution in [2.45, 2.75) is 19.0 Å². The van der Waals surface area contributed by atoms with E-state index in [0.717, 1.165) is 5.69 Å². The molecule has 158 valence electrons. The van der Waals surface area contributed by atoms with Gasteiger partial charge in [0.25, 0.3) is 11.8 Å². The monoisotopic (exact) mass is 424 g/mol. The molecule has 0 radical (unpaired) electrons. The topological polar surface area (TPSA) is 114 Å². The van der Waals surface area contributed by atoms with Gasteiger partial charge in [0.15, 0.2) is 17.1 Å². The van der Waals surface area contributed by atoms with E-state index < -0.39 is 29.2 Å². The number of fused-ring (bicyclic) bond motifs is 2. The number of urea groups is 1. The molecule has 0 saturated carbocycles. The number of amides is 4. The van der Waals surface area contributed by atoms with Gasteiger partial charge in [0.1, 0.15) is 11.3 Å². The molecular formula is C21H17FN4O5. The van der Waals surface area contributed by atoms with Crippen LogP contribution in [0.15, 0.2) is 34.9 Å². The average Bonchev–Trinajstić information content (AvgIpc) is 3.37. The Morgan fingerprint density at radius 2 is 2.10 bits per heavy atom. The Balaban J connectivity index is 1.56. The first-order valence-electron chi connectivity index (χ1n) is 9.47. The lowest BCUT2D eigenvalue weighted by molar-refractivity contribution is -0.125. The fraction of sp³-hybridized carbons (Fsp3) is 0.238. The fourth-order valence-electron chi connectivity index (χ4n) is 4.06. The summed E-state index contributed by atoms with van der Waals surface area (Å²) >= 11 is 0. The van der Waals surface area contributed by atoms with Crippen molar-refractivity contribution in [2.75, 3.05) is 13.7 Å². The van der Waals surface area contributed by atoms with Crippen LogP contribution >= 0.6 is 0 Å². The first-order chi connectivity index (χ1) is 14.8. The summed E-state index contributed by atoms with van der Waals surface area (Å²) in [6.07, 6.45) is 1.60. The number of benzene rings is 1. The summed E-state index contributed by atoms with van der Waals surface area (Å²) in [5, 5.41) is 5.44. The zero-order valence-corrected chi connectivity index (χ0v) is 16.6. The molecule has 0 unspecified atom stereocenters. The van der Waals surface area contributed by atoms with Gasteiger partial charge in [-0.05, 0) is 24.6 Å². The van der Waals surface area contributed by atoms with Crippen molar-refractivity contribution in [3.63, 3.8) is 0 Å². The van der Waals surface area contributed by atoms with E-state index in [1.165, 1.54) is 18.1 Å². The number of aryl methyl sites for hydroxylation is 1. The number of halogens is 1. The van der Waals surface area contributed by atoms with Gasteiger partial charge in [0.05, 0.1) is 19.2 Å². The smallest absolute Gasteiger partial charge is 0.322 e. The van der Waals surface area contributed by atoms with Gasteiger partial charge in [-0.3, -0.25) is 19.9 Å². The molecule has 10 heteroatoms. The van der Waals surface area contributed by atoms with E-state index in [4.69, 9.17) is 9.15 Å². The summed E-state index contributed by atoms with van der Waals surface area (Å²) in [6.45, 7) is 1.62. The molecular weight excluding hydrogens is 407 g/mol. The normalized spacial score (nSPS) is 20.2. The Labute approximate surface area is 175 Å². The van der Waals surface area contributed by atoms with Gasteiger partial charge in [-0.25, -0.2) is 9.18 Å². The van der Waals surface area contributed by atoms with Crippen molar-refractivity contribution >= 4 is 28.8 Å². The highest BCUT2D eigenvalue weighted by molar-refractivity contribution is 6.08. The van der Waals surface area contributed by atoms with Crippen molar-refractivity contribution in [3.05, 3.63) is 58.9 Å². The predicted molar refractivity (Wildman–Crippen MR) is 105 cm³/mol. The molecule has 4 heterocycles. The maximum Gasteiger partial charge on any atom is 0.322 e. The molecule has 2 aliphatic rings. The van der Waals surface area contributed by atoms with E-state index in [2.05, 4.69) is 15.6 Å². The molecule has 31 heavy (non-hydrogen) atoms. The number of rotatable bonds is 4. The SMILES string of the molecule is COc1ccc2c(c1F)C(=O)N(C[C@@]1(c3cc4cnc(C)cc4o3)NC(=O)NC1=O)C2. The van der Waals surface area contributed by atoms with Gasteiger partial charge in [-0.2, -0.15) is 0 Å². The summed E-state index contributed by atoms with van der Waals surface area (Å²) in [5.74, 6) is -1.92.